The zero-order valence-electron chi connectivity index (χ0n) is 12.5. The van der Waals surface area contributed by atoms with Gasteiger partial charge in [0, 0.05) is 37.2 Å². The van der Waals surface area contributed by atoms with Gasteiger partial charge in [-0.3, -0.25) is 4.90 Å². The Labute approximate surface area is 125 Å². The number of likely N-dealkylation sites (tertiary alicyclic amines) is 1. The maximum Gasteiger partial charge on any atom is 0.134 e. The number of benzene rings is 1. The van der Waals surface area contributed by atoms with Gasteiger partial charge in [0.05, 0.1) is 12.4 Å². The molecule has 1 aliphatic rings. The van der Waals surface area contributed by atoms with Crippen LogP contribution in [0, 0.1) is 0 Å². The average molecular weight is 288 g/mol. The van der Waals surface area contributed by atoms with Crippen LogP contribution in [0.2, 0.25) is 0 Å². The molecule has 0 unspecified atom stereocenters. The lowest BCUT2D eigenvalue weighted by molar-refractivity contribution is 0.00567. The highest BCUT2D eigenvalue weighted by molar-refractivity contribution is 5.80. The van der Waals surface area contributed by atoms with Crippen LogP contribution in [0.1, 0.15) is 24.8 Å². The summed E-state index contributed by atoms with van der Waals surface area (Å²) >= 11 is 0. The number of nitrogens with zero attached hydrogens (tertiary/aromatic N) is 1. The minimum absolute atomic E-state index is 0.411. The Morgan fingerprint density at radius 3 is 2.86 bits per heavy atom. The van der Waals surface area contributed by atoms with Crippen LogP contribution in [-0.4, -0.2) is 37.2 Å². The van der Waals surface area contributed by atoms with Crippen LogP contribution in [0.5, 0.6) is 0 Å². The molecule has 2 heterocycles. The molecule has 1 saturated heterocycles. The molecule has 1 aromatic carbocycles. The Morgan fingerprint density at radius 1 is 1.24 bits per heavy atom. The van der Waals surface area contributed by atoms with Crippen molar-refractivity contribution in [2.45, 2.75) is 31.9 Å². The third kappa shape index (κ3) is 3.64. The first-order chi connectivity index (χ1) is 10.4. The van der Waals surface area contributed by atoms with E-state index in [0.29, 0.717) is 12.6 Å². The molecule has 4 heteroatoms. The molecular formula is C17H24N2O2. The standard InChI is InChI=1S/C17H24N2O2/c18-8-3-11-20-15-6-9-19(10-7-15)12-14-13-21-17-5-2-1-4-16(14)17/h1-2,4-5,13,15H,3,6-12,18H2. The number of para-hydroxylation sites is 1. The summed E-state index contributed by atoms with van der Waals surface area (Å²) < 4.78 is 11.5. The Kier molecular flexibility index (Phi) is 4.91. The molecule has 0 amide bonds. The zero-order chi connectivity index (χ0) is 14.5. The Bertz CT molecular complexity index is 559. The largest absolute Gasteiger partial charge is 0.464 e. The van der Waals surface area contributed by atoms with Gasteiger partial charge in [0.25, 0.3) is 0 Å². The van der Waals surface area contributed by atoms with Crippen molar-refractivity contribution in [3.05, 3.63) is 36.1 Å². The van der Waals surface area contributed by atoms with Crippen LogP contribution in [0.4, 0.5) is 0 Å². The van der Waals surface area contributed by atoms with Crippen molar-refractivity contribution in [1.29, 1.82) is 0 Å². The van der Waals surface area contributed by atoms with Crippen molar-refractivity contribution in [2.75, 3.05) is 26.2 Å². The molecule has 2 aromatic rings. The highest BCUT2D eigenvalue weighted by Gasteiger charge is 2.20. The fourth-order valence-corrected chi connectivity index (χ4v) is 2.96. The summed E-state index contributed by atoms with van der Waals surface area (Å²) in [4.78, 5) is 2.49. The number of hydrogen-bond donors (Lipinski definition) is 1. The highest BCUT2D eigenvalue weighted by atomic mass is 16.5. The number of furan rings is 1. The first-order valence-corrected chi connectivity index (χ1v) is 7.86. The molecule has 0 bridgehead atoms. The van der Waals surface area contributed by atoms with Gasteiger partial charge < -0.3 is 14.9 Å². The van der Waals surface area contributed by atoms with Crippen molar-refractivity contribution in [3.8, 4) is 0 Å². The molecule has 0 aliphatic carbocycles. The summed E-state index contributed by atoms with van der Waals surface area (Å²) in [5, 5.41) is 1.24. The molecule has 0 saturated carbocycles. The molecule has 0 spiro atoms. The molecule has 1 fully saturated rings. The molecule has 4 nitrogen and oxygen atoms in total. The zero-order valence-corrected chi connectivity index (χ0v) is 12.5. The molecule has 21 heavy (non-hydrogen) atoms. The minimum Gasteiger partial charge on any atom is -0.464 e. The van der Waals surface area contributed by atoms with Gasteiger partial charge in [-0.2, -0.15) is 0 Å². The van der Waals surface area contributed by atoms with Gasteiger partial charge in [-0.05, 0) is 31.9 Å². The Hall–Kier alpha value is -1.36. The topological polar surface area (TPSA) is 51.6 Å². The maximum atomic E-state index is 5.85. The van der Waals surface area contributed by atoms with Crippen LogP contribution in [-0.2, 0) is 11.3 Å². The van der Waals surface area contributed by atoms with E-state index in [1.54, 1.807) is 0 Å². The second kappa shape index (κ2) is 7.07. The summed E-state index contributed by atoms with van der Waals surface area (Å²) in [7, 11) is 0. The van der Waals surface area contributed by atoms with Gasteiger partial charge >= 0.3 is 0 Å². The van der Waals surface area contributed by atoms with E-state index in [1.807, 2.05) is 18.4 Å². The van der Waals surface area contributed by atoms with Crippen LogP contribution in [0.25, 0.3) is 11.0 Å². The molecule has 0 radical (unpaired) electrons. The van der Waals surface area contributed by atoms with Gasteiger partial charge in [0.2, 0.25) is 0 Å². The lowest BCUT2D eigenvalue weighted by Crippen LogP contribution is -2.36. The summed E-state index contributed by atoms with van der Waals surface area (Å²) in [6.45, 7) is 4.66. The van der Waals surface area contributed by atoms with Crippen LogP contribution < -0.4 is 5.73 Å². The third-order valence-electron chi connectivity index (χ3n) is 4.19. The van der Waals surface area contributed by atoms with Crippen LogP contribution >= 0.6 is 0 Å². The first-order valence-electron chi connectivity index (χ1n) is 7.86. The summed E-state index contributed by atoms with van der Waals surface area (Å²) in [5.74, 6) is 0. The lowest BCUT2D eigenvalue weighted by atomic mass is 10.1. The Balaban J connectivity index is 1.51. The average Bonchev–Trinajstić information content (AvgIpc) is 2.93. The van der Waals surface area contributed by atoms with Crippen molar-refractivity contribution >= 4 is 11.0 Å². The molecule has 2 N–H and O–H groups in total. The van der Waals surface area contributed by atoms with Crippen molar-refractivity contribution in [1.82, 2.24) is 4.90 Å². The lowest BCUT2D eigenvalue weighted by Gasteiger charge is -2.31. The number of rotatable bonds is 6. The van der Waals surface area contributed by atoms with Crippen LogP contribution in [0.3, 0.4) is 0 Å². The fraction of sp³-hybridized carbons (Fsp3) is 0.529. The van der Waals surface area contributed by atoms with Gasteiger partial charge in [0.1, 0.15) is 5.58 Å². The van der Waals surface area contributed by atoms with E-state index in [4.69, 9.17) is 14.9 Å². The van der Waals surface area contributed by atoms with E-state index < -0.39 is 0 Å². The van der Waals surface area contributed by atoms with Gasteiger partial charge in [0.15, 0.2) is 0 Å². The Morgan fingerprint density at radius 2 is 2.05 bits per heavy atom. The van der Waals surface area contributed by atoms with E-state index in [1.165, 1.54) is 10.9 Å². The van der Waals surface area contributed by atoms with E-state index >= 15 is 0 Å². The smallest absolute Gasteiger partial charge is 0.134 e. The summed E-state index contributed by atoms with van der Waals surface area (Å²) in [6.07, 6.45) is 5.49. The molecular weight excluding hydrogens is 264 g/mol. The third-order valence-corrected chi connectivity index (χ3v) is 4.19. The van der Waals surface area contributed by atoms with E-state index in [0.717, 1.165) is 51.1 Å². The highest BCUT2D eigenvalue weighted by Crippen LogP contribution is 2.24. The summed E-state index contributed by atoms with van der Waals surface area (Å²) in [6, 6.07) is 8.24. The number of ether oxygens (including phenoxy) is 1. The quantitative estimate of drug-likeness (QED) is 0.830. The molecule has 0 atom stereocenters. The van der Waals surface area contributed by atoms with Gasteiger partial charge in [-0.1, -0.05) is 18.2 Å². The van der Waals surface area contributed by atoms with Crippen LogP contribution in [0.15, 0.2) is 34.9 Å². The molecule has 3 rings (SSSR count). The monoisotopic (exact) mass is 288 g/mol. The fourth-order valence-electron chi connectivity index (χ4n) is 2.96. The van der Waals surface area contributed by atoms with Crippen molar-refractivity contribution < 1.29 is 9.15 Å². The predicted molar refractivity (Wildman–Crippen MR) is 84.1 cm³/mol. The van der Waals surface area contributed by atoms with E-state index in [-0.39, 0.29) is 0 Å². The predicted octanol–water partition coefficient (Wildman–Crippen LogP) is 2.76. The molecule has 114 valence electrons. The molecule has 1 aliphatic heterocycles. The van der Waals surface area contributed by atoms with Crippen molar-refractivity contribution in [3.63, 3.8) is 0 Å². The second-order valence-electron chi connectivity index (χ2n) is 5.75. The number of fused-ring (bicyclic) bond motifs is 1. The number of nitrogens with two attached hydrogens (primary N) is 1. The normalized spacial score (nSPS) is 17.6. The minimum atomic E-state index is 0.411. The SMILES string of the molecule is NCCCOC1CCN(Cc2coc3ccccc23)CC1. The maximum absolute atomic E-state index is 5.85. The van der Waals surface area contributed by atoms with E-state index in [9.17, 15) is 0 Å². The molecule has 1 aromatic heterocycles. The second-order valence-corrected chi connectivity index (χ2v) is 5.75. The van der Waals surface area contributed by atoms with Crippen molar-refractivity contribution in [2.24, 2.45) is 5.73 Å². The summed E-state index contributed by atoms with van der Waals surface area (Å²) in [5.41, 5.74) is 7.75. The van der Waals surface area contributed by atoms with E-state index in [2.05, 4.69) is 17.0 Å². The first kappa shape index (κ1) is 14.6. The number of piperidine rings is 1. The number of hydrogen-bond acceptors (Lipinski definition) is 4. The van der Waals surface area contributed by atoms with Gasteiger partial charge in [-0.25, -0.2) is 0 Å². The van der Waals surface area contributed by atoms with Gasteiger partial charge in [-0.15, -0.1) is 0 Å².